The monoisotopic (exact) mass is 557 g/mol. The Morgan fingerprint density at radius 2 is 1.94 bits per heavy atom. The molecule has 1 amide bonds. The Kier molecular flexibility index (Phi) is 7.37. The number of fused-ring (bicyclic) bond motifs is 1. The van der Waals surface area contributed by atoms with Crippen molar-refractivity contribution in [3.8, 4) is 0 Å². The van der Waals surface area contributed by atoms with Gasteiger partial charge in [0.2, 0.25) is 5.91 Å². The average molecular weight is 557 g/mol. The number of aromatic nitrogens is 1. The second kappa shape index (κ2) is 10.4. The van der Waals surface area contributed by atoms with Crippen molar-refractivity contribution in [2.75, 3.05) is 5.75 Å². The van der Waals surface area contributed by atoms with E-state index in [-0.39, 0.29) is 11.9 Å². The van der Waals surface area contributed by atoms with Crippen molar-refractivity contribution < 1.29 is 4.79 Å². The number of carbonyl (C=O) groups is 1. The lowest BCUT2D eigenvalue weighted by Crippen LogP contribution is -2.28. The molecule has 1 N–H and O–H groups in total. The molecule has 4 nitrogen and oxygen atoms in total. The zero-order chi connectivity index (χ0) is 21.6. The second-order valence-electron chi connectivity index (χ2n) is 6.93. The Balaban J connectivity index is 1.36. The van der Waals surface area contributed by atoms with E-state index >= 15 is 0 Å². The third-order valence-electron chi connectivity index (χ3n) is 4.59. The molecule has 0 saturated heterocycles. The fourth-order valence-electron chi connectivity index (χ4n) is 2.97. The largest absolute Gasteiger partial charge is 0.349 e. The van der Waals surface area contributed by atoms with E-state index in [0.717, 1.165) is 31.4 Å². The predicted octanol–water partition coefficient (Wildman–Crippen LogP) is 6.62. The van der Waals surface area contributed by atoms with Crippen LogP contribution < -0.4 is 5.32 Å². The number of benzene rings is 3. The van der Waals surface area contributed by atoms with Gasteiger partial charge in [-0.2, -0.15) is 0 Å². The van der Waals surface area contributed by atoms with E-state index in [1.54, 1.807) is 11.3 Å². The van der Waals surface area contributed by atoms with Crippen LogP contribution in [0.15, 0.2) is 82.1 Å². The Labute approximate surface area is 203 Å². The van der Waals surface area contributed by atoms with Crippen molar-refractivity contribution in [2.24, 2.45) is 4.99 Å². The molecule has 0 fully saturated rings. The van der Waals surface area contributed by atoms with Gasteiger partial charge in [0, 0.05) is 9.78 Å². The number of thiazole rings is 1. The summed E-state index contributed by atoms with van der Waals surface area (Å²) < 4.78 is 3.16. The van der Waals surface area contributed by atoms with Gasteiger partial charge in [-0.05, 0) is 71.0 Å². The van der Waals surface area contributed by atoms with E-state index in [1.807, 2.05) is 61.7 Å². The molecule has 0 spiro atoms. The molecular weight excluding hydrogens is 537 g/mol. The van der Waals surface area contributed by atoms with E-state index in [2.05, 4.69) is 62.1 Å². The molecule has 1 heterocycles. The lowest BCUT2D eigenvalue weighted by Gasteiger charge is -2.13. The van der Waals surface area contributed by atoms with Crippen LogP contribution >= 0.6 is 45.7 Å². The number of thioether (sulfide) groups is 1. The molecule has 4 aromatic rings. The van der Waals surface area contributed by atoms with Crippen molar-refractivity contribution in [1.29, 1.82) is 0 Å². The van der Waals surface area contributed by atoms with Gasteiger partial charge in [0.1, 0.15) is 0 Å². The fraction of sp³-hybridized carbons (Fsp3) is 0.125. The number of hydrogen-bond donors (Lipinski definition) is 1. The quantitative estimate of drug-likeness (QED) is 0.158. The maximum absolute atomic E-state index is 12.3. The third kappa shape index (κ3) is 6.15. The Morgan fingerprint density at radius 1 is 1.16 bits per heavy atom. The number of nitrogens with one attached hydrogen (secondary N) is 1. The number of nitrogens with zero attached hydrogens (tertiary/aromatic N) is 2. The highest BCUT2D eigenvalue weighted by Gasteiger charge is 2.11. The first kappa shape index (κ1) is 22.0. The first-order chi connectivity index (χ1) is 15.1. The van der Waals surface area contributed by atoms with Crippen LogP contribution in [0.1, 0.15) is 24.1 Å². The molecular formula is C24H20IN3OS2. The van der Waals surface area contributed by atoms with Crippen molar-refractivity contribution in [3.05, 3.63) is 87.5 Å². The lowest BCUT2D eigenvalue weighted by molar-refractivity contribution is -0.119. The van der Waals surface area contributed by atoms with Crippen molar-refractivity contribution in [1.82, 2.24) is 10.3 Å². The Morgan fingerprint density at radius 3 is 2.71 bits per heavy atom. The van der Waals surface area contributed by atoms with Crippen LogP contribution in [0.5, 0.6) is 0 Å². The molecule has 0 aliphatic rings. The molecule has 31 heavy (non-hydrogen) atoms. The summed E-state index contributed by atoms with van der Waals surface area (Å²) in [6.45, 7) is 1.99. The number of amides is 1. The molecule has 156 valence electrons. The normalized spacial score (nSPS) is 12.3. The van der Waals surface area contributed by atoms with E-state index in [1.165, 1.54) is 15.3 Å². The third-order valence-corrected chi connectivity index (χ3v) is 7.47. The van der Waals surface area contributed by atoms with E-state index in [4.69, 9.17) is 0 Å². The molecule has 0 aliphatic heterocycles. The van der Waals surface area contributed by atoms with Crippen molar-refractivity contribution in [2.45, 2.75) is 17.3 Å². The van der Waals surface area contributed by atoms with Gasteiger partial charge in [-0.15, -0.1) is 11.3 Å². The number of hydrogen-bond acceptors (Lipinski definition) is 5. The maximum atomic E-state index is 12.3. The molecule has 0 aliphatic carbocycles. The molecule has 0 unspecified atom stereocenters. The Hall–Kier alpha value is -2.23. The summed E-state index contributed by atoms with van der Waals surface area (Å²) >= 11 is 5.34. The van der Waals surface area contributed by atoms with Crippen LogP contribution in [0.25, 0.3) is 10.2 Å². The smallest absolute Gasteiger partial charge is 0.230 e. The minimum absolute atomic E-state index is 0.00317. The minimum Gasteiger partial charge on any atom is -0.349 e. The zero-order valence-electron chi connectivity index (χ0n) is 16.8. The van der Waals surface area contributed by atoms with Gasteiger partial charge in [-0.25, -0.2) is 4.98 Å². The first-order valence-electron chi connectivity index (χ1n) is 9.74. The topological polar surface area (TPSA) is 54.4 Å². The molecule has 7 heteroatoms. The van der Waals surface area contributed by atoms with Crippen LogP contribution in [0, 0.1) is 3.57 Å². The van der Waals surface area contributed by atoms with Crippen molar-refractivity contribution >= 4 is 73.7 Å². The molecule has 3 aromatic carbocycles. The highest BCUT2D eigenvalue weighted by molar-refractivity contribution is 14.1. The van der Waals surface area contributed by atoms with E-state index < -0.39 is 0 Å². The van der Waals surface area contributed by atoms with Gasteiger partial charge in [0.15, 0.2) is 4.34 Å². The van der Waals surface area contributed by atoms with Crippen LogP contribution in [0.2, 0.25) is 0 Å². The predicted molar refractivity (Wildman–Crippen MR) is 140 cm³/mol. The van der Waals surface area contributed by atoms with Gasteiger partial charge >= 0.3 is 0 Å². The lowest BCUT2D eigenvalue weighted by atomic mass is 10.1. The first-order valence-corrected chi connectivity index (χ1v) is 12.6. The van der Waals surface area contributed by atoms with Gasteiger partial charge in [-0.3, -0.25) is 9.79 Å². The summed E-state index contributed by atoms with van der Waals surface area (Å²) in [5.41, 5.74) is 3.98. The van der Waals surface area contributed by atoms with Gasteiger partial charge < -0.3 is 5.32 Å². The SMILES string of the molecule is C[C@@H](NC(=O)CSc1nc2ccc(N=Cc3ccc(I)cc3)cc2s1)c1ccccc1. The average Bonchev–Trinajstić information content (AvgIpc) is 3.20. The fourth-order valence-corrected chi connectivity index (χ4v) is 5.24. The standard InChI is InChI=1S/C24H20IN3OS2/c1-16(18-5-3-2-4-6-18)27-23(29)15-30-24-28-21-12-11-20(13-22(21)31-24)26-14-17-7-9-19(25)10-8-17/h2-14,16H,15H2,1H3,(H,27,29)/t16-/m1/s1. The summed E-state index contributed by atoms with van der Waals surface area (Å²) in [5, 5.41) is 3.04. The molecule has 1 atom stereocenters. The molecule has 0 saturated carbocycles. The van der Waals surface area contributed by atoms with Gasteiger partial charge in [0.25, 0.3) is 0 Å². The summed E-state index contributed by atoms with van der Waals surface area (Å²) in [4.78, 5) is 21.6. The van der Waals surface area contributed by atoms with Crippen LogP contribution in [-0.2, 0) is 4.79 Å². The summed E-state index contributed by atoms with van der Waals surface area (Å²) in [7, 11) is 0. The second-order valence-corrected chi connectivity index (χ2v) is 10.4. The van der Waals surface area contributed by atoms with Gasteiger partial charge in [0.05, 0.1) is 27.7 Å². The van der Waals surface area contributed by atoms with Crippen LogP contribution in [0.3, 0.4) is 0 Å². The number of halogens is 1. The number of carbonyl (C=O) groups excluding carboxylic acids is 1. The highest BCUT2D eigenvalue weighted by Crippen LogP contribution is 2.32. The van der Waals surface area contributed by atoms with Crippen molar-refractivity contribution in [3.63, 3.8) is 0 Å². The molecule has 0 radical (unpaired) electrons. The van der Waals surface area contributed by atoms with E-state index in [9.17, 15) is 4.79 Å². The summed E-state index contributed by atoms with van der Waals surface area (Å²) in [6.07, 6.45) is 1.87. The number of aliphatic imine (C=N–C) groups is 1. The Bertz CT molecular complexity index is 1210. The molecule has 0 bridgehead atoms. The maximum Gasteiger partial charge on any atom is 0.230 e. The van der Waals surface area contributed by atoms with E-state index in [0.29, 0.717) is 5.75 Å². The number of rotatable bonds is 7. The van der Waals surface area contributed by atoms with Crippen LogP contribution in [0.4, 0.5) is 5.69 Å². The molecule has 1 aromatic heterocycles. The summed E-state index contributed by atoms with van der Waals surface area (Å²) in [6, 6.07) is 24.2. The highest BCUT2D eigenvalue weighted by atomic mass is 127. The zero-order valence-corrected chi connectivity index (χ0v) is 20.6. The minimum atomic E-state index is -0.0156. The van der Waals surface area contributed by atoms with Crippen LogP contribution in [-0.4, -0.2) is 22.9 Å². The summed E-state index contributed by atoms with van der Waals surface area (Å²) in [5.74, 6) is 0.345. The molecule has 4 rings (SSSR count). The van der Waals surface area contributed by atoms with Gasteiger partial charge in [-0.1, -0.05) is 54.2 Å².